The summed E-state index contributed by atoms with van der Waals surface area (Å²) < 4.78 is 23.1. The van der Waals surface area contributed by atoms with Gasteiger partial charge >= 0.3 is 0 Å². The van der Waals surface area contributed by atoms with Crippen molar-refractivity contribution in [3.8, 4) is 0 Å². The maximum Gasteiger partial charge on any atom is 0.157 e. The number of hydrogen-bond donors (Lipinski definition) is 0. The predicted octanol–water partition coefficient (Wildman–Crippen LogP) is 4.01. The molecule has 21 heavy (non-hydrogen) atoms. The second kappa shape index (κ2) is 10.9. The van der Waals surface area contributed by atoms with Crippen LogP contribution in [0.4, 0.5) is 0 Å². The molecule has 124 valence electrons. The second-order valence-electron chi connectivity index (χ2n) is 5.84. The number of halogens is 1. The van der Waals surface area contributed by atoms with Crippen LogP contribution in [0.25, 0.3) is 0 Å². The molecule has 0 N–H and O–H groups in total. The lowest BCUT2D eigenvalue weighted by Crippen LogP contribution is -2.28. The smallest absolute Gasteiger partial charge is 0.157 e. The molecular weight excluding hydrogens is 336 g/mol. The number of alkyl halides is 1. The second-order valence-corrected chi connectivity index (χ2v) is 6.63. The van der Waals surface area contributed by atoms with Crippen LogP contribution in [0.1, 0.15) is 57.8 Å². The van der Waals surface area contributed by atoms with Crippen molar-refractivity contribution >= 4 is 15.9 Å². The van der Waals surface area contributed by atoms with E-state index in [-0.39, 0.29) is 18.7 Å². The first kappa shape index (κ1) is 17.7. The normalized spacial score (nSPS) is 28.4. The van der Waals surface area contributed by atoms with Crippen LogP contribution in [0.2, 0.25) is 0 Å². The van der Waals surface area contributed by atoms with Gasteiger partial charge in [-0.1, -0.05) is 15.9 Å². The van der Waals surface area contributed by atoms with Gasteiger partial charge in [-0.15, -0.1) is 0 Å². The van der Waals surface area contributed by atoms with Crippen molar-refractivity contribution in [3.05, 3.63) is 0 Å². The number of ether oxygens (including phenoxy) is 4. The van der Waals surface area contributed by atoms with E-state index in [0.717, 1.165) is 63.7 Å². The third-order valence-electron chi connectivity index (χ3n) is 4.03. The fourth-order valence-corrected chi connectivity index (χ4v) is 3.31. The summed E-state index contributed by atoms with van der Waals surface area (Å²) in [5.74, 6) is 0. The van der Waals surface area contributed by atoms with Gasteiger partial charge in [0, 0.05) is 25.2 Å². The summed E-state index contributed by atoms with van der Waals surface area (Å²) in [6.45, 7) is 2.45. The van der Waals surface area contributed by atoms with Gasteiger partial charge < -0.3 is 18.9 Å². The van der Waals surface area contributed by atoms with Gasteiger partial charge in [0.25, 0.3) is 0 Å². The Kier molecular flexibility index (Phi) is 9.21. The summed E-state index contributed by atoms with van der Waals surface area (Å²) in [6.07, 6.45) is 10.2. The van der Waals surface area contributed by atoms with Gasteiger partial charge in [0.15, 0.2) is 12.6 Å². The SMILES string of the molecule is BrCCC(CCCOC1CCCCO1)OC1CCCCO1. The molecular formula is C16H29BrO4. The lowest BCUT2D eigenvalue weighted by molar-refractivity contribution is -0.192. The minimum atomic E-state index is 0.00500. The molecule has 0 bridgehead atoms. The Balaban J connectivity index is 1.57. The van der Waals surface area contributed by atoms with E-state index in [9.17, 15) is 0 Å². The molecule has 0 radical (unpaired) electrons. The van der Waals surface area contributed by atoms with Crippen molar-refractivity contribution < 1.29 is 18.9 Å². The molecule has 2 aliphatic heterocycles. The van der Waals surface area contributed by atoms with Crippen LogP contribution in [0, 0.1) is 0 Å². The highest BCUT2D eigenvalue weighted by Gasteiger charge is 2.20. The molecule has 3 atom stereocenters. The first-order valence-electron chi connectivity index (χ1n) is 8.44. The molecule has 0 saturated carbocycles. The number of hydrogen-bond acceptors (Lipinski definition) is 4. The van der Waals surface area contributed by atoms with E-state index in [0.29, 0.717) is 0 Å². The fourth-order valence-electron chi connectivity index (χ4n) is 2.80. The largest absolute Gasteiger partial charge is 0.353 e. The highest BCUT2D eigenvalue weighted by molar-refractivity contribution is 9.09. The van der Waals surface area contributed by atoms with Gasteiger partial charge in [0.1, 0.15) is 0 Å². The van der Waals surface area contributed by atoms with Crippen LogP contribution in [0.5, 0.6) is 0 Å². The molecule has 0 amide bonds. The quantitative estimate of drug-likeness (QED) is 0.457. The first-order chi connectivity index (χ1) is 10.4. The summed E-state index contributed by atoms with van der Waals surface area (Å²) in [6, 6.07) is 0. The zero-order valence-electron chi connectivity index (χ0n) is 12.9. The van der Waals surface area contributed by atoms with Crippen LogP contribution in [-0.4, -0.2) is 43.8 Å². The standard InChI is InChI=1S/C16H29BrO4/c17-10-9-14(21-16-8-2-4-12-20-16)6-5-13-19-15-7-1-3-11-18-15/h14-16H,1-13H2. The van der Waals surface area contributed by atoms with Crippen LogP contribution in [0.15, 0.2) is 0 Å². The van der Waals surface area contributed by atoms with E-state index < -0.39 is 0 Å². The van der Waals surface area contributed by atoms with E-state index in [1.165, 1.54) is 19.3 Å². The fraction of sp³-hybridized carbons (Fsp3) is 1.00. The monoisotopic (exact) mass is 364 g/mol. The summed E-state index contributed by atoms with van der Waals surface area (Å²) in [7, 11) is 0. The Morgan fingerprint density at radius 1 is 0.952 bits per heavy atom. The summed E-state index contributed by atoms with van der Waals surface area (Å²) in [4.78, 5) is 0. The van der Waals surface area contributed by atoms with Crippen molar-refractivity contribution in [1.82, 2.24) is 0 Å². The molecule has 2 saturated heterocycles. The molecule has 0 spiro atoms. The van der Waals surface area contributed by atoms with E-state index in [2.05, 4.69) is 15.9 Å². The average molecular weight is 365 g/mol. The topological polar surface area (TPSA) is 36.9 Å². The third kappa shape index (κ3) is 7.42. The molecule has 0 aromatic heterocycles. The van der Waals surface area contributed by atoms with Crippen LogP contribution in [-0.2, 0) is 18.9 Å². The van der Waals surface area contributed by atoms with Crippen molar-refractivity contribution in [2.45, 2.75) is 76.5 Å². The minimum absolute atomic E-state index is 0.00500. The Morgan fingerprint density at radius 3 is 2.29 bits per heavy atom. The van der Waals surface area contributed by atoms with Gasteiger partial charge in [-0.2, -0.15) is 0 Å². The number of rotatable bonds is 9. The first-order valence-corrected chi connectivity index (χ1v) is 9.57. The lowest BCUT2D eigenvalue weighted by atomic mass is 10.1. The Labute approximate surface area is 137 Å². The molecule has 3 unspecified atom stereocenters. The van der Waals surface area contributed by atoms with Crippen LogP contribution >= 0.6 is 15.9 Å². The molecule has 4 nitrogen and oxygen atoms in total. The summed E-state index contributed by atoms with van der Waals surface area (Å²) >= 11 is 3.51. The molecule has 2 fully saturated rings. The Hall–Kier alpha value is 0.320. The molecule has 2 heterocycles. The van der Waals surface area contributed by atoms with Gasteiger partial charge in [0.2, 0.25) is 0 Å². The van der Waals surface area contributed by atoms with Gasteiger partial charge in [-0.05, 0) is 57.8 Å². The third-order valence-corrected chi connectivity index (χ3v) is 4.48. The molecule has 0 aromatic rings. The summed E-state index contributed by atoms with van der Waals surface area (Å²) in [5, 5.41) is 0.969. The molecule has 2 rings (SSSR count). The minimum Gasteiger partial charge on any atom is -0.353 e. The Bertz CT molecular complexity index is 253. The van der Waals surface area contributed by atoms with Gasteiger partial charge in [0.05, 0.1) is 6.10 Å². The van der Waals surface area contributed by atoms with E-state index in [1.807, 2.05) is 0 Å². The maximum atomic E-state index is 6.08. The van der Waals surface area contributed by atoms with Crippen molar-refractivity contribution in [1.29, 1.82) is 0 Å². The summed E-state index contributed by atoms with van der Waals surface area (Å²) in [5.41, 5.74) is 0. The molecule has 0 aromatic carbocycles. The van der Waals surface area contributed by atoms with Crippen LogP contribution in [0.3, 0.4) is 0 Å². The molecule has 2 aliphatic rings. The van der Waals surface area contributed by atoms with Gasteiger partial charge in [-0.3, -0.25) is 0 Å². The zero-order chi connectivity index (χ0) is 14.8. The van der Waals surface area contributed by atoms with Crippen molar-refractivity contribution in [3.63, 3.8) is 0 Å². The Morgan fingerprint density at radius 2 is 1.67 bits per heavy atom. The van der Waals surface area contributed by atoms with E-state index in [4.69, 9.17) is 18.9 Å². The molecule has 5 heteroatoms. The highest BCUT2D eigenvalue weighted by atomic mass is 79.9. The highest BCUT2D eigenvalue weighted by Crippen LogP contribution is 2.20. The van der Waals surface area contributed by atoms with Crippen molar-refractivity contribution in [2.24, 2.45) is 0 Å². The van der Waals surface area contributed by atoms with Crippen molar-refractivity contribution in [2.75, 3.05) is 25.2 Å². The van der Waals surface area contributed by atoms with E-state index >= 15 is 0 Å². The zero-order valence-corrected chi connectivity index (χ0v) is 14.5. The van der Waals surface area contributed by atoms with Gasteiger partial charge in [-0.25, -0.2) is 0 Å². The lowest BCUT2D eigenvalue weighted by Gasteiger charge is -2.28. The maximum absolute atomic E-state index is 6.08. The molecule has 0 aliphatic carbocycles. The van der Waals surface area contributed by atoms with E-state index in [1.54, 1.807) is 0 Å². The average Bonchev–Trinajstić information content (AvgIpc) is 2.54. The van der Waals surface area contributed by atoms with Crippen LogP contribution < -0.4 is 0 Å². The predicted molar refractivity (Wildman–Crippen MR) is 85.7 cm³/mol.